The zero-order chi connectivity index (χ0) is 14.5. The number of hydrogen-bond donors (Lipinski definition) is 1. The molecule has 0 unspecified atom stereocenters. The molecule has 1 aromatic carbocycles. The number of anilines is 2. The van der Waals surface area contributed by atoms with E-state index in [-0.39, 0.29) is 16.6 Å². The van der Waals surface area contributed by atoms with E-state index in [2.05, 4.69) is 20.3 Å². The van der Waals surface area contributed by atoms with E-state index in [0.29, 0.717) is 17.7 Å². The molecule has 1 N–H and O–H groups in total. The molecular weight excluding hydrogens is 292 g/mol. The molecule has 2 aromatic rings. The van der Waals surface area contributed by atoms with Gasteiger partial charge in [-0.2, -0.15) is 8.78 Å². The Hall–Kier alpha value is -2.28. The molecule has 0 aliphatic carbocycles. The monoisotopic (exact) mass is 299 g/mol. The molecule has 0 aliphatic rings. The number of ether oxygens (including phenoxy) is 1. The Kier molecular flexibility index (Phi) is 4.41. The molecule has 0 radical (unpaired) electrons. The number of rotatable bonds is 5. The summed E-state index contributed by atoms with van der Waals surface area (Å²) in [6, 6.07) is 7.19. The molecule has 0 bridgehead atoms. The largest absolute Gasteiger partial charge is 0.435 e. The summed E-state index contributed by atoms with van der Waals surface area (Å²) in [6.07, 6.45) is 0.528. The number of alkyl halides is 2. The number of carbonyl (C=O) groups excluding carboxylic acids is 1. The Balaban J connectivity index is 2.17. The minimum Gasteiger partial charge on any atom is -0.435 e. The van der Waals surface area contributed by atoms with Crippen LogP contribution in [0.3, 0.4) is 0 Å². The maximum Gasteiger partial charge on any atom is 0.387 e. The second-order valence-electron chi connectivity index (χ2n) is 3.61. The van der Waals surface area contributed by atoms with Gasteiger partial charge in [0, 0.05) is 11.8 Å². The third kappa shape index (κ3) is 3.61. The van der Waals surface area contributed by atoms with Crippen molar-refractivity contribution in [3.05, 3.63) is 41.2 Å². The maximum absolute atomic E-state index is 12.0. The lowest BCUT2D eigenvalue weighted by Crippen LogP contribution is -2.02. The van der Waals surface area contributed by atoms with Crippen LogP contribution in [0, 0.1) is 0 Å². The summed E-state index contributed by atoms with van der Waals surface area (Å²) in [5.41, 5.74) is 1.00. The first-order valence-corrected chi connectivity index (χ1v) is 5.76. The van der Waals surface area contributed by atoms with Gasteiger partial charge in [-0.1, -0.05) is 11.6 Å². The van der Waals surface area contributed by atoms with Crippen LogP contribution in [-0.2, 0) is 0 Å². The molecule has 0 amide bonds. The summed E-state index contributed by atoms with van der Waals surface area (Å²) in [5, 5.41) is 10.2. The molecule has 0 aliphatic heterocycles. The Morgan fingerprint density at radius 1 is 1.25 bits per heavy atom. The Morgan fingerprint density at radius 3 is 2.55 bits per heavy atom. The van der Waals surface area contributed by atoms with E-state index in [1.54, 1.807) is 0 Å². The van der Waals surface area contributed by atoms with Crippen LogP contribution in [-0.4, -0.2) is 23.1 Å². The first-order chi connectivity index (χ1) is 9.58. The first-order valence-electron chi connectivity index (χ1n) is 5.39. The number of aromatic nitrogens is 2. The summed E-state index contributed by atoms with van der Waals surface area (Å²) in [6.45, 7) is -2.88. The fourth-order valence-electron chi connectivity index (χ4n) is 1.44. The molecule has 0 saturated heterocycles. The van der Waals surface area contributed by atoms with Crippen LogP contribution in [0.5, 0.6) is 5.75 Å². The van der Waals surface area contributed by atoms with Crippen LogP contribution in [0.2, 0.25) is 5.15 Å². The molecular formula is C12H8ClF2N3O2. The smallest absolute Gasteiger partial charge is 0.387 e. The lowest BCUT2D eigenvalue weighted by atomic mass is 10.2. The van der Waals surface area contributed by atoms with Crippen molar-refractivity contribution in [2.24, 2.45) is 0 Å². The number of hydrogen-bond acceptors (Lipinski definition) is 5. The van der Waals surface area contributed by atoms with Crippen LogP contribution in [0.25, 0.3) is 0 Å². The van der Waals surface area contributed by atoms with E-state index in [1.165, 1.54) is 30.3 Å². The average molecular weight is 300 g/mol. The van der Waals surface area contributed by atoms with E-state index in [9.17, 15) is 13.6 Å². The quantitative estimate of drug-likeness (QED) is 0.858. The van der Waals surface area contributed by atoms with Gasteiger partial charge in [-0.05, 0) is 24.3 Å². The van der Waals surface area contributed by atoms with Gasteiger partial charge in [-0.3, -0.25) is 4.79 Å². The predicted molar refractivity (Wildman–Crippen MR) is 68.8 cm³/mol. The number of halogens is 3. The van der Waals surface area contributed by atoms with Crippen molar-refractivity contribution in [1.29, 1.82) is 0 Å². The summed E-state index contributed by atoms with van der Waals surface area (Å²) >= 11 is 5.69. The molecule has 0 atom stereocenters. The van der Waals surface area contributed by atoms with E-state index in [0.717, 1.165) is 0 Å². The number of aldehydes is 1. The lowest BCUT2D eigenvalue weighted by molar-refractivity contribution is -0.0498. The Morgan fingerprint density at radius 2 is 1.95 bits per heavy atom. The van der Waals surface area contributed by atoms with Crippen molar-refractivity contribution < 1.29 is 18.3 Å². The summed E-state index contributed by atoms with van der Waals surface area (Å²) in [7, 11) is 0. The molecule has 1 aromatic heterocycles. The highest BCUT2D eigenvalue weighted by atomic mass is 35.5. The van der Waals surface area contributed by atoms with Crippen LogP contribution in [0.1, 0.15) is 10.5 Å². The van der Waals surface area contributed by atoms with Crippen molar-refractivity contribution in [2.45, 2.75) is 6.61 Å². The third-order valence-corrected chi connectivity index (χ3v) is 2.45. The zero-order valence-corrected chi connectivity index (χ0v) is 10.6. The van der Waals surface area contributed by atoms with Crippen molar-refractivity contribution in [1.82, 2.24) is 10.2 Å². The summed E-state index contributed by atoms with van der Waals surface area (Å²) in [5.74, 6) is 0.0343. The first kappa shape index (κ1) is 14.1. The van der Waals surface area contributed by atoms with Gasteiger partial charge in [0.1, 0.15) is 11.4 Å². The molecule has 0 spiro atoms. The molecule has 1 heterocycles. The Bertz CT molecular complexity index is 608. The van der Waals surface area contributed by atoms with Crippen LogP contribution in [0.4, 0.5) is 20.2 Å². The van der Waals surface area contributed by atoms with E-state index in [4.69, 9.17) is 11.6 Å². The van der Waals surface area contributed by atoms with Crippen molar-refractivity contribution in [2.75, 3.05) is 5.32 Å². The van der Waals surface area contributed by atoms with Crippen molar-refractivity contribution in [3.63, 3.8) is 0 Å². The van der Waals surface area contributed by atoms with Gasteiger partial charge < -0.3 is 10.1 Å². The minimum absolute atomic E-state index is 0.0343. The van der Waals surface area contributed by atoms with Crippen LogP contribution >= 0.6 is 11.6 Å². The zero-order valence-electron chi connectivity index (χ0n) is 9.89. The average Bonchev–Trinajstić information content (AvgIpc) is 2.41. The number of benzene rings is 1. The lowest BCUT2D eigenvalue weighted by Gasteiger charge is -2.09. The number of nitrogens with one attached hydrogen (secondary N) is 1. The van der Waals surface area contributed by atoms with Gasteiger partial charge >= 0.3 is 6.61 Å². The summed E-state index contributed by atoms with van der Waals surface area (Å²) < 4.78 is 28.2. The standard InChI is InChI=1S/C12H8ClF2N3O2/c13-11-5-9(10(6-19)17-18-11)16-7-1-3-8(4-2-7)20-12(14)15/h1-6,12H,(H,16,18). The topological polar surface area (TPSA) is 64.1 Å². The third-order valence-electron chi connectivity index (χ3n) is 2.26. The fraction of sp³-hybridized carbons (Fsp3) is 0.0833. The minimum atomic E-state index is -2.88. The highest BCUT2D eigenvalue weighted by molar-refractivity contribution is 6.29. The summed E-state index contributed by atoms with van der Waals surface area (Å²) in [4.78, 5) is 10.8. The fourth-order valence-corrected chi connectivity index (χ4v) is 1.59. The SMILES string of the molecule is O=Cc1nnc(Cl)cc1Nc1ccc(OC(F)F)cc1. The molecule has 8 heteroatoms. The van der Waals surface area contributed by atoms with Gasteiger partial charge in [0.25, 0.3) is 0 Å². The number of nitrogens with zero attached hydrogens (tertiary/aromatic N) is 2. The van der Waals surface area contributed by atoms with Crippen LogP contribution < -0.4 is 10.1 Å². The molecule has 20 heavy (non-hydrogen) atoms. The van der Waals surface area contributed by atoms with Crippen molar-refractivity contribution >= 4 is 29.3 Å². The van der Waals surface area contributed by atoms with Crippen molar-refractivity contribution in [3.8, 4) is 5.75 Å². The molecule has 0 fully saturated rings. The van der Waals surface area contributed by atoms with Crippen LogP contribution in [0.15, 0.2) is 30.3 Å². The normalized spacial score (nSPS) is 10.4. The highest BCUT2D eigenvalue weighted by Crippen LogP contribution is 2.23. The second kappa shape index (κ2) is 6.25. The predicted octanol–water partition coefficient (Wildman–Crippen LogP) is 3.29. The maximum atomic E-state index is 12.0. The van der Waals surface area contributed by atoms with Gasteiger partial charge in [-0.15, -0.1) is 10.2 Å². The highest BCUT2D eigenvalue weighted by Gasteiger charge is 2.07. The Labute approximate surface area is 117 Å². The van der Waals surface area contributed by atoms with Gasteiger partial charge in [-0.25, -0.2) is 0 Å². The van der Waals surface area contributed by atoms with E-state index < -0.39 is 6.61 Å². The molecule has 5 nitrogen and oxygen atoms in total. The van der Waals surface area contributed by atoms with E-state index in [1.807, 2.05) is 0 Å². The van der Waals surface area contributed by atoms with Gasteiger partial charge in [0.15, 0.2) is 11.4 Å². The van der Waals surface area contributed by atoms with Gasteiger partial charge in [0.05, 0.1) is 5.69 Å². The van der Waals surface area contributed by atoms with Gasteiger partial charge in [0.2, 0.25) is 0 Å². The number of carbonyl (C=O) groups is 1. The molecule has 104 valence electrons. The molecule has 0 saturated carbocycles. The van der Waals surface area contributed by atoms with E-state index >= 15 is 0 Å². The second-order valence-corrected chi connectivity index (χ2v) is 4.00. The molecule has 2 rings (SSSR count).